The summed E-state index contributed by atoms with van der Waals surface area (Å²) >= 11 is 0. The summed E-state index contributed by atoms with van der Waals surface area (Å²) in [6, 6.07) is 15.2. The Labute approximate surface area is 183 Å². The first-order chi connectivity index (χ1) is 15.2. The maximum atomic E-state index is 13.1. The molecule has 0 saturated heterocycles. The highest BCUT2D eigenvalue weighted by molar-refractivity contribution is 7.92. The van der Waals surface area contributed by atoms with Crippen molar-refractivity contribution in [3.05, 3.63) is 88.2 Å². The molecule has 0 atom stereocenters. The molecule has 0 aliphatic rings. The summed E-state index contributed by atoms with van der Waals surface area (Å²) in [6.07, 6.45) is 0. The van der Waals surface area contributed by atoms with Gasteiger partial charge in [0.05, 0.1) is 22.6 Å². The van der Waals surface area contributed by atoms with Gasteiger partial charge < -0.3 is 4.74 Å². The van der Waals surface area contributed by atoms with Crippen LogP contribution in [-0.2, 0) is 10.0 Å². The zero-order chi connectivity index (χ0) is 23.3. The SMILES string of the molecule is COc1ccc(NS(=O)(=O)c2ccc(N/N=C(/C)c3ccc(F)cc3)c([N+](=O)[O-])c2)cc1. The lowest BCUT2D eigenvalue weighted by Crippen LogP contribution is -2.13. The van der Waals surface area contributed by atoms with Crippen molar-refractivity contribution >= 4 is 32.8 Å². The van der Waals surface area contributed by atoms with Crippen molar-refractivity contribution in [2.75, 3.05) is 17.3 Å². The van der Waals surface area contributed by atoms with E-state index in [9.17, 15) is 22.9 Å². The number of sulfonamides is 1. The fourth-order valence-corrected chi connectivity index (χ4v) is 3.78. The Morgan fingerprint density at radius 1 is 1.06 bits per heavy atom. The van der Waals surface area contributed by atoms with Crippen LogP contribution in [0.15, 0.2) is 76.7 Å². The molecular formula is C21H19FN4O5S. The number of hydrazone groups is 1. The summed E-state index contributed by atoms with van der Waals surface area (Å²) in [7, 11) is -2.59. The molecule has 0 radical (unpaired) electrons. The van der Waals surface area contributed by atoms with Gasteiger partial charge in [0.25, 0.3) is 15.7 Å². The number of nitrogens with one attached hydrogen (secondary N) is 2. The third-order valence-corrected chi connectivity index (χ3v) is 5.80. The molecule has 9 nitrogen and oxygen atoms in total. The van der Waals surface area contributed by atoms with Gasteiger partial charge in [-0.25, -0.2) is 12.8 Å². The maximum Gasteiger partial charge on any atom is 0.295 e. The number of halogens is 1. The van der Waals surface area contributed by atoms with E-state index in [-0.39, 0.29) is 16.3 Å². The maximum absolute atomic E-state index is 13.1. The predicted octanol–water partition coefficient (Wildman–Crippen LogP) is 4.38. The first kappa shape index (κ1) is 22.7. The van der Waals surface area contributed by atoms with Crippen LogP contribution < -0.4 is 14.9 Å². The molecule has 0 bridgehead atoms. The first-order valence-electron chi connectivity index (χ1n) is 9.21. The van der Waals surface area contributed by atoms with Crippen LogP contribution in [0.3, 0.4) is 0 Å². The second-order valence-electron chi connectivity index (χ2n) is 6.59. The van der Waals surface area contributed by atoms with Gasteiger partial charge in [-0.05, 0) is 61.0 Å². The lowest BCUT2D eigenvalue weighted by molar-refractivity contribution is -0.384. The van der Waals surface area contributed by atoms with Gasteiger partial charge in [0.1, 0.15) is 17.3 Å². The van der Waals surface area contributed by atoms with E-state index >= 15 is 0 Å². The Hall–Kier alpha value is -3.99. The highest BCUT2D eigenvalue weighted by Crippen LogP contribution is 2.29. The highest BCUT2D eigenvalue weighted by Gasteiger charge is 2.21. The lowest BCUT2D eigenvalue weighted by Gasteiger charge is -2.10. The number of ether oxygens (including phenoxy) is 1. The molecule has 0 unspecified atom stereocenters. The molecular weight excluding hydrogens is 439 g/mol. The summed E-state index contributed by atoms with van der Waals surface area (Å²) < 4.78 is 45.8. The molecule has 0 fully saturated rings. The summed E-state index contributed by atoms with van der Waals surface area (Å²) in [6.45, 7) is 1.64. The zero-order valence-corrected chi connectivity index (χ0v) is 17.9. The number of hydrogen-bond acceptors (Lipinski definition) is 7. The molecule has 0 spiro atoms. The molecule has 3 rings (SSSR count). The van der Waals surface area contributed by atoms with Crippen molar-refractivity contribution in [1.82, 2.24) is 0 Å². The Morgan fingerprint density at radius 2 is 1.72 bits per heavy atom. The number of nitrogens with zero attached hydrogens (tertiary/aromatic N) is 2. The molecule has 0 amide bonds. The summed E-state index contributed by atoms with van der Waals surface area (Å²) in [5.74, 6) is 0.153. The fraction of sp³-hybridized carbons (Fsp3) is 0.0952. The van der Waals surface area contributed by atoms with Crippen molar-refractivity contribution in [2.45, 2.75) is 11.8 Å². The van der Waals surface area contributed by atoms with Gasteiger partial charge in [-0.3, -0.25) is 20.3 Å². The number of methoxy groups -OCH3 is 1. The van der Waals surface area contributed by atoms with Crippen molar-refractivity contribution in [1.29, 1.82) is 0 Å². The van der Waals surface area contributed by atoms with E-state index in [0.29, 0.717) is 17.0 Å². The van der Waals surface area contributed by atoms with Crippen LogP contribution in [0.1, 0.15) is 12.5 Å². The van der Waals surface area contributed by atoms with Gasteiger partial charge in [-0.2, -0.15) is 5.10 Å². The van der Waals surface area contributed by atoms with Crippen LogP contribution >= 0.6 is 0 Å². The van der Waals surface area contributed by atoms with Crippen molar-refractivity contribution in [2.24, 2.45) is 5.10 Å². The molecule has 0 heterocycles. The monoisotopic (exact) mass is 458 g/mol. The number of anilines is 2. The molecule has 3 aromatic rings. The lowest BCUT2D eigenvalue weighted by atomic mass is 10.1. The second kappa shape index (κ2) is 9.43. The Morgan fingerprint density at radius 3 is 2.31 bits per heavy atom. The summed E-state index contributed by atoms with van der Waals surface area (Å²) in [5, 5.41) is 15.6. The number of hydrogen-bond donors (Lipinski definition) is 2. The van der Waals surface area contributed by atoms with Gasteiger partial charge in [0, 0.05) is 11.8 Å². The van der Waals surface area contributed by atoms with Gasteiger partial charge in [0.2, 0.25) is 0 Å². The van der Waals surface area contributed by atoms with E-state index in [4.69, 9.17) is 4.74 Å². The molecule has 32 heavy (non-hydrogen) atoms. The molecule has 11 heteroatoms. The summed E-state index contributed by atoms with van der Waals surface area (Å²) in [5.41, 5.74) is 3.44. The third kappa shape index (κ3) is 5.38. The smallest absolute Gasteiger partial charge is 0.295 e. The average molecular weight is 458 g/mol. The zero-order valence-electron chi connectivity index (χ0n) is 17.1. The van der Waals surface area contributed by atoms with Crippen LogP contribution in [-0.4, -0.2) is 26.2 Å². The topological polar surface area (TPSA) is 123 Å². The molecule has 166 valence electrons. The quantitative estimate of drug-likeness (QED) is 0.293. The van der Waals surface area contributed by atoms with Crippen LogP contribution in [0.2, 0.25) is 0 Å². The van der Waals surface area contributed by atoms with Gasteiger partial charge in [-0.1, -0.05) is 12.1 Å². The Balaban J connectivity index is 1.85. The van der Waals surface area contributed by atoms with Gasteiger partial charge in [0.15, 0.2) is 0 Å². The number of nitro benzene ring substituents is 1. The molecule has 2 N–H and O–H groups in total. The molecule has 3 aromatic carbocycles. The molecule has 0 saturated carbocycles. The van der Waals surface area contributed by atoms with Crippen molar-refractivity contribution in [3.63, 3.8) is 0 Å². The minimum Gasteiger partial charge on any atom is -0.497 e. The van der Waals surface area contributed by atoms with Crippen molar-refractivity contribution in [3.8, 4) is 5.75 Å². The van der Waals surface area contributed by atoms with E-state index in [1.165, 1.54) is 55.6 Å². The number of rotatable bonds is 8. The van der Waals surface area contributed by atoms with E-state index in [1.807, 2.05) is 0 Å². The predicted molar refractivity (Wildman–Crippen MR) is 119 cm³/mol. The molecule has 0 aromatic heterocycles. The van der Waals surface area contributed by atoms with E-state index in [0.717, 1.165) is 6.07 Å². The fourth-order valence-electron chi connectivity index (χ4n) is 2.70. The third-order valence-electron chi connectivity index (χ3n) is 4.42. The summed E-state index contributed by atoms with van der Waals surface area (Å²) in [4.78, 5) is 10.5. The van der Waals surface area contributed by atoms with E-state index in [1.54, 1.807) is 19.1 Å². The van der Waals surface area contributed by atoms with Gasteiger partial charge >= 0.3 is 0 Å². The number of nitro groups is 1. The highest BCUT2D eigenvalue weighted by atomic mass is 32.2. The van der Waals surface area contributed by atoms with Crippen LogP contribution in [0.25, 0.3) is 0 Å². The van der Waals surface area contributed by atoms with Crippen molar-refractivity contribution < 1.29 is 22.5 Å². The van der Waals surface area contributed by atoms with E-state index in [2.05, 4.69) is 15.2 Å². The largest absolute Gasteiger partial charge is 0.497 e. The Kier molecular flexibility index (Phi) is 6.69. The normalized spacial score (nSPS) is 11.7. The number of benzene rings is 3. The standard InChI is InChI=1S/C21H19FN4O5S/c1-14(15-3-5-16(22)6-4-15)23-24-20-12-11-19(13-21(20)26(27)28)32(29,30)25-17-7-9-18(31-2)10-8-17/h3-13,24-25H,1-2H3/b23-14-. The minimum absolute atomic E-state index is 0.000130. The minimum atomic E-state index is -4.08. The average Bonchev–Trinajstić information content (AvgIpc) is 2.78. The van der Waals surface area contributed by atoms with E-state index < -0.39 is 26.5 Å². The Bertz CT molecular complexity index is 1260. The molecule has 0 aliphatic carbocycles. The van der Waals surface area contributed by atoms with Crippen LogP contribution in [0.5, 0.6) is 5.75 Å². The van der Waals surface area contributed by atoms with Gasteiger partial charge in [-0.15, -0.1) is 0 Å². The molecule has 0 aliphatic heterocycles. The first-order valence-corrected chi connectivity index (χ1v) is 10.7. The van der Waals surface area contributed by atoms with Crippen LogP contribution in [0, 0.1) is 15.9 Å². The van der Waals surface area contributed by atoms with Crippen LogP contribution in [0.4, 0.5) is 21.5 Å². The second-order valence-corrected chi connectivity index (χ2v) is 8.27.